The van der Waals surface area contributed by atoms with E-state index < -0.39 is 0 Å². The lowest BCUT2D eigenvalue weighted by atomic mass is 10.2. The zero-order valence-electron chi connectivity index (χ0n) is 15.1. The minimum absolute atomic E-state index is 0.156. The summed E-state index contributed by atoms with van der Waals surface area (Å²) in [6.45, 7) is 6.44. The predicted octanol–water partition coefficient (Wildman–Crippen LogP) is 2.39. The van der Waals surface area contributed by atoms with Crippen molar-refractivity contribution in [3.8, 4) is 11.5 Å². The SMILES string of the molecule is COc1cc(Br)c(NC(=O)N2CCN(C[C@@H](C)O)[C@@H](C)C2)cc1OC. The van der Waals surface area contributed by atoms with Crippen molar-refractivity contribution in [2.75, 3.05) is 45.7 Å². The average molecular weight is 416 g/mol. The van der Waals surface area contributed by atoms with Crippen molar-refractivity contribution in [2.24, 2.45) is 0 Å². The first-order chi connectivity index (χ1) is 11.8. The highest BCUT2D eigenvalue weighted by atomic mass is 79.9. The van der Waals surface area contributed by atoms with Crippen LogP contribution in [0.15, 0.2) is 16.6 Å². The quantitative estimate of drug-likeness (QED) is 0.771. The molecule has 0 saturated carbocycles. The van der Waals surface area contributed by atoms with E-state index in [1.165, 1.54) is 0 Å². The van der Waals surface area contributed by atoms with E-state index >= 15 is 0 Å². The number of hydrogen-bond acceptors (Lipinski definition) is 5. The largest absolute Gasteiger partial charge is 0.493 e. The zero-order valence-corrected chi connectivity index (χ0v) is 16.7. The summed E-state index contributed by atoms with van der Waals surface area (Å²) in [6.07, 6.45) is -0.370. The van der Waals surface area contributed by atoms with Crippen molar-refractivity contribution in [1.82, 2.24) is 9.80 Å². The second kappa shape index (κ2) is 8.73. The summed E-state index contributed by atoms with van der Waals surface area (Å²) in [4.78, 5) is 16.6. The molecule has 1 aliphatic heterocycles. The molecule has 1 fully saturated rings. The molecule has 2 atom stereocenters. The number of aliphatic hydroxyl groups is 1. The minimum Gasteiger partial charge on any atom is -0.493 e. The number of aliphatic hydroxyl groups excluding tert-OH is 1. The Hall–Kier alpha value is -1.51. The molecule has 25 heavy (non-hydrogen) atoms. The van der Waals surface area contributed by atoms with E-state index in [0.29, 0.717) is 36.8 Å². The first-order valence-corrected chi connectivity index (χ1v) is 9.04. The van der Waals surface area contributed by atoms with Gasteiger partial charge in [-0.15, -0.1) is 0 Å². The molecule has 0 spiro atoms. The van der Waals surface area contributed by atoms with Crippen molar-refractivity contribution in [2.45, 2.75) is 26.0 Å². The summed E-state index contributed by atoms with van der Waals surface area (Å²) in [6, 6.07) is 3.53. The van der Waals surface area contributed by atoms with E-state index in [9.17, 15) is 9.90 Å². The Labute approximate surface area is 157 Å². The monoisotopic (exact) mass is 415 g/mol. The maximum Gasteiger partial charge on any atom is 0.321 e. The Morgan fingerprint density at radius 3 is 2.56 bits per heavy atom. The van der Waals surface area contributed by atoms with Gasteiger partial charge in [0, 0.05) is 48.8 Å². The van der Waals surface area contributed by atoms with Gasteiger partial charge in [0.2, 0.25) is 0 Å². The first-order valence-electron chi connectivity index (χ1n) is 8.25. The Balaban J connectivity index is 2.03. The van der Waals surface area contributed by atoms with Gasteiger partial charge in [-0.3, -0.25) is 4.90 Å². The van der Waals surface area contributed by atoms with Crippen molar-refractivity contribution >= 4 is 27.6 Å². The molecule has 1 aromatic rings. The third-order valence-corrected chi connectivity index (χ3v) is 4.92. The number of benzene rings is 1. The number of carbonyl (C=O) groups is 1. The van der Waals surface area contributed by atoms with Crippen LogP contribution < -0.4 is 14.8 Å². The number of methoxy groups -OCH3 is 2. The number of rotatable bonds is 5. The van der Waals surface area contributed by atoms with Gasteiger partial charge in [-0.1, -0.05) is 0 Å². The van der Waals surface area contributed by atoms with Gasteiger partial charge in [0.1, 0.15) is 0 Å². The van der Waals surface area contributed by atoms with E-state index in [0.717, 1.165) is 11.0 Å². The molecule has 1 aromatic carbocycles. The maximum atomic E-state index is 12.6. The van der Waals surface area contributed by atoms with Crippen LogP contribution >= 0.6 is 15.9 Å². The molecule has 0 aromatic heterocycles. The second-order valence-electron chi connectivity index (χ2n) is 6.26. The lowest BCUT2D eigenvalue weighted by molar-refractivity contribution is 0.0590. The molecular formula is C17H26BrN3O4. The number of anilines is 1. The van der Waals surface area contributed by atoms with Crippen LogP contribution in [-0.4, -0.2) is 73.5 Å². The average Bonchev–Trinajstić information content (AvgIpc) is 2.57. The van der Waals surface area contributed by atoms with Crippen LogP contribution in [0.3, 0.4) is 0 Å². The van der Waals surface area contributed by atoms with Crippen molar-refractivity contribution in [3.05, 3.63) is 16.6 Å². The fourth-order valence-corrected chi connectivity index (χ4v) is 3.36. The van der Waals surface area contributed by atoms with Gasteiger partial charge in [-0.05, 0) is 29.8 Å². The van der Waals surface area contributed by atoms with Gasteiger partial charge < -0.3 is 24.8 Å². The number of amides is 2. The third-order valence-electron chi connectivity index (χ3n) is 4.27. The van der Waals surface area contributed by atoms with Crippen LogP contribution in [0.25, 0.3) is 0 Å². The van der Waals surface area contributed by atoms with Crippen LogP contribution in [-0.2, 0) is 0 Å². The van der Waals surface area contributed by atoms with E-state index in [1.54, 1.807) is 38.2 Å². The molecule has 140 valence electrons. The van der Waals surface area contributed by atoms with Crippen LogP contribution in [0, 0.1) is 0 Å². The van der Waals surface area contributed by atoms with Gasteiger partial charge in [0.25, 0.3) is 0 Å². The van der Waals surface area contributed by atoms with E-state index in [2.05, 4.69) is 33.1 Å². The Bertz CT molecular complexity index is 612. The molecule has 8 heteroatoms. The number of halogens is 1. The summed E-state index contributed by atoms with van der Waals surface area (Å²) >= 11 is 3.45. The Morgan fingerprint density at radius 1 is 1.36 bits per heavy atom. The summed E-state index contributed by atoms with van der Waals surface area (Å²) in [5.74, 6) is 1.14. The number of nitrogens with one attached hydrogen (secondary N) is 1. The van der Waals surface area contributed by atoms with E-state index in [1.807, 2.05) is 0 Å². The number of carbonyl (C=O) groups excluding carboxylic acids is 1. The van der Waals surface area contributed by atoms with Gasteiger partial charge in [-0.2, -0.15) is 0 Å². The molecule has 7 nitrogen and oxygen atoms in total. The zero-order chi connectivity index (χ0) is 18.6. The van der Waals surface area contributed by atoms with Crippen LogP contribution in [0.5, 0.6) is 11.5 Å². The van der Waals surface area contributed by atoms with E-state index in [4.69, 9.17) is 9.47 Å². The summed E-state index contributed by atoms with van der Waals surface area (Å²) < 4.78 is 11.3. The molecule has 1 heterocycles. The minimum atomic E-state index is -0.370. The second-order valence-corrected chi connectivity index (χ2v) is 7.11. The number of β-amino-alcohol motifs (C(OH)–C–C–N with tert-alkyl or cyclic N) is 1. The van der Waals surface area contributed by atoms with Gasteiger partial charge in [0.15, 0.2) is 11.5 Å². The highest BCUT2D eigenvalue weighted by molar-refractivity contribution is 9.10. The topological polar surface area (TPSA) is 74.3 Å². The Kier molecular flexibility index (Phi) is 6.92. The van der Waals surface area contributed by atoms with Gasteiger partial charge >= 0.3 is 6.03 Å². The predicted molar refractivity (Wildman–Crippen MR) is 101 cm³/mol. The van der Waals surface area contributed by atoms with Crippen LogP contribution in [0.1, 0.15) is 13.8 Å². The van der Waals surface area contributed by atoms with E-state index in [-0.39, 0.29) is 18.2 Å². The molecule has 2 rings (SSSR count). The van der Waals surface area contributed by atoms with Crippen molar-refractivity contribution in [1.29, 1.82) is 0 Å². The fraction of sp³-hybridized carbons (Fsp3) is 0.588. The molecule has 0 unspecified atom stereocenters. The highest BCUT2D eigenvalue weighted by Crippen LogP contribution is 2.36. The normalized spacial score (nSPS) is 19.4. The first kappa shape index (κ1) is 19.8. The standard InChI is InChI=1S/C17H26BrN3O4/c1-11-9-21(6-5-20(11)10-12(2)22)17(23)19-14-8-16(25-4)15(24-3)7-13(14)18/h7-8,11-12,22H,5-6,9-10H2,1-4H3,(H,19,23)/t11-,12+/m0/s1. The summed E-state index contributed by atoms with van der Waals surface area (Å²) in [7, 11) is 3.12. The molecule has 0 aliphatic carbocycles. The number of nitrogens with zero attached hydrogens (tertiary/aromatic N) is 2. The van der Waals surface area contributed by atoms with Gasteiger partial charge in [-0.25, -0.2) is 4.79 Å². The lowest BCUT2D eigenvalue weighted by Gasteiger charge is -2.40. The lowest BCUT2D eigenvalue weighted by Crippen LogP contribution is -2.55. The molecule has 2 amide bonds. The smallest absolute Gasteiger partial charge is 0.321 e. The third kappa shape index (κ3) is 4.99. The number of piperazine rings is 1. The molecule has 1 aliphatic rings. The van der Waals surface area contributed by atoms with Crippen LogP contribution in [0.2, 0.25) is 0 Å². The van der Waals surface area contributed by atoms with Crippen LogP contribution in [0.4, 0.5) is 10.5 Å². The van der Waals surface area contributed by atoms with Gasteiger partial charge in [0.05, 0.1) is 26.0 Å². The fourth-order valence-electron chi connectivity index (χ4n) is 2.93. The molecule has 1 saturated heterocycles. The van der Waals surface area contributed by atoms with Crippen molar-refractivity contribution < 1.29 is 19.4 Å². The molecule has 2 N–H and O–H groups in total. The summed E-state index contributed by atoms with van der Waals surface area (Å²) in [5, 5.41) is 12.5. The summed E-state index contributed by atoms with van der Waals surface area (Å²) in [5.41, 5.74) is 0.627. The van der Waals surface area contributed by atoms with Crippen molar-refractivity contribution in [3.63, 3.8) is 0 Å². The Morgan fingerprint density at radius 2 is 2.00 bits per heavy atom. The highest BCUT2D eigenvalue weighted by Gasteiger charge is 2.27. The molecule has 0 bridgehead atoms. The number of urea groups is 1. The molecular weight excluding hydrogens is 390 g/mol. The molecule has 0 radical (unpaired) electrons. The maximum absolute atomic E-state index is 12.6. The number of ether oxygens (including phenoxy) is 2. The number of hydrogen-bond donors (Lipinski definition) is 2.